The van der Waals surface area contributed by atoms with Gasteiger partial charge in [-0.3, -0.25) is 0 Å². The van der Waals surface area contributed by atoms with Gasteiger partial charge in [0.2, 0.25) is 0 Å². The first-order chi connectivity index (χ1) is 10.3. The smallest absolute Gasteiger partial charge is 0.400 e. The Morgan fingerprint density at radius 1 is 1.18 bits per heavy atom. The van der Waals surface area contributed by atoms with E-state index in [0.717, 1.165) is 11.1 Å². The molecule has 4 nitrogen and oxygen atoms in total. The van der Waals surface area contributed by atoms with E-state index in [4.69, 9.17) is 14.6 Å². The first kappa shape index (κ1) is 16.8. The van der Waals surface area contributed by atoms with Gasteiger partial charge in [0.25, 0.3) is 0 Å². The molecule has 0 aromatic heterocycles. The summed E-state index contributed by atoms with van der Waals surface area (Å²) >= 11 is 0. The lowest BCUT2D eigenvalue weighted by Crippen LogP contribution is -2.41. The van der Waals surface area contributed by atoms with Crippen molar-refractivity contribution in [3.05, 3.63) is 40.9 Å². The Balaban J connectivity index is 2.20. The van der Waals surface area contributed by atoms with E-state index < -0.39 is 18.3 Å². The second kappa shape index (κ2) is 6.25. The van der Waals surface area contributed by atoms with Gasteiger partial charge < -0.3 is 14.4 Å². The molecule has 0 unspecified atom stereocenters. The number of hydrogen-bond donors (Lipinski definition) is 1. The molecule has 1 aromatic rings. The molecule has 1 aliphatic rings. The zero-order chi connectivity index (χ0) is 16.4. The second-order valence-corrected chi connectivity index (χ2v) is 6.54. The lowest BCUT2D eigenvalue weighted by atomic mass is 9.77. The van der Waals surface area contributed by atoms with Crippen LogP contribution in [0.5, 0.6) is 0 Å². The molecule has 1 aliphatic heterocycles. The van der Waals surface area contributed by atoms with Gasteiger partial charge in [0.05, 0.1) is 30.3 Å². The fraction of sp³-hybridized carbons (Fsp3) is 0.471. The molecule has 5 heteroatoms. The third kappa shape index (κ3) is 3.41. The fourth-order valence-electron chi connectivity index (χ4n) is 2.22. The van der Waals surface area contributed by atoms with Crippen LogP contribution in [0, 0.1) is 11.3 Å². The summed E-state index contributed by atoms with van der Waals surface area (Å²) in [5.41, 5.74) is 1.75. The van der Waals surface area contributed by atoms with Gasteiger partial charge in [-0.25, -0.2) is 0 Å². The van der Waals surface area contributed by atoms with Crippen LogP contribution in [0.1, 0.15) is 38.8 Å². The van der Waals surface area contributed by atoms with E-state index in [9.17, 15) is 5.11 Å². The van der Waals surface area contributed by atoms with Crippen molar-refractivity contribution in [3.8, 4) is 6.07 Å². The van der Waals surface area contributed by atoms with Crippen molar-refractivity contribution < 1.29 is 14.4 Å². The Morgan fingerprint density at radius 2 is 1.73 bits per heavy atom. The summed E-state index contributed by atoms with van der Waals surface area (Å²) < 4.78 is 11.9. The lowest BCUT2D eigenvalue weighted by Gasteiger charge is -2.32. The zero-order valence-electron chi connectivity index (χ0n) is 13.6. The van der Waals surface area contributed by atoms with Crippen LogP contribution < -0.4 is 0 Å². The average Bonchev–Trinajstić information content (AvgIpc) is 2.67. The monoisotopic (exact) mass is 299 g/mol. The van der Waals surface area contributed by atoms with E-state index in [1.54, 1.807) is 0 Å². The summed E-state index contributed by atoms with van der Waals surface area (Å²) in [6.45, 7) is 7.81. The van der Waals surface area contributed by atoms with E-state index in [2.05, 4.69) is 6.07 Å². The number of rotatable bonds is 4. The summed E-state index contributed by atoms with van der Waals surface area (Å²) in [5.74, 6) is 0. The van der Waals surface area contributed by atoms with Crippen molar-refractivity contribution in [2.24, 2.45) is 0 Å². The molecule has 22 heavy (non-hydrogen) atoms. The first-order valence-electron chi connectivity index (χ1n) is 7.42. The van der Waals surface area contributed by atoms with Gasteiger partial charge in [-0.2, -0.15) is 5.26 Å². The summed E-state index contributed by atoms with van der Waals surface area (Å²) in [7, 11) is -0.547. The molecule has 1 heterocycles. The minimum Gasteiger partial charge on any atom is -0.400 e. The van der Waals surface area contributed by atoms with E-state index in [1.165, 1.54) is 0 Å². The van der Waals surface area contributed by atoms with Crippen LogP contribution in [0.25, 0.3) is 6.08 Å². The Hall–Kier alpha value is -1.61. The molecule has 0 aliphatic carbocycles. The van der Waals surface area contributed by atoms with Gasteiger partial charge in [0.1, 0.15) is 0 Å². The Kier molecular flexibility index (Phi) is 4.76. The van der Waals surface area contributed by atoms with Crippen molar-refractivity contribution in [2.75, 3.05) is 6.61 Å². The summed E-state index contributed by atoms with van der Waals surface area (Å²) in [4.78, 5) is 0. The first-order valence-corrected chi connectivity index (χ1v) is 7.42. The standard InChI is InChI=1S/C17H22BNO3/c1-16(2)17(3,4)22-18(21-16)15(12-20)11-14-7-5-13(6-8-14)9-10-19/h5-8,11,20H,9,12H2,1-4H3. The van der Waals surface area contributed by atoms with E-state index in [0.29, 0.717) is 11.9 Å². The van der Waals surface area contributed by atoms with Crippen LogP contribution in [-0.2, 0) is 15.7 Å². The molecule has 0 saturated carbocycles. The molecule has 0 radical (unpaired) electrons. The molecule has 0 atom stereocenters. The lowest BCUT2D eigenvalue weighted by molar-refractivity contribution is 0.00578. The largest absolute Gasteiger partial charge is 0.492 e. The third-order valence-corrected chi connectivity index (χ3v) is 4.35. The molecule has 1 saturated heterocycles. The SMILES string of the molecule is CC1(C)OB(C(=Cc2ccc(CC#N)cc2)CO)OC1(C)C. The zero-order valence-corrected chi connectivity index (χ0v) is 13.6. The number of aliphatic hydroxyl groups excluding tert-OH is 1. The van der Waals surface area contributed by atoms with Crippen LogP contribution in [0.4, 0.5) is 0 Å². The maximum Gasteiger partial charge on any atom is 0.492 e. The van der Waals surface area contributed by atoms with Crippen molar-refractivity contribution >= 4 is 13.2 Å². The predicted molar refractivity (Wildman–Crippen MR) is 86.9 cm³/mol. The van der Waals surface area contributed by atoms with Gasteiger partial charge in [-0.15, -0.1) is 0 Å². The molecule has 2 rings (SSSR count). The number of nitrogens with zero attached hydrogens (tertiary/aromatic N) is 1. The molecule has 0 amide bonds. The third-order valence-electron chi connectivity index (χ3n) is 4.35. The van der Waals surface area contributed by atoms with Crippen LogP contribution in [-0.4, -0.2) is 30.0 Å². The number of nitriles is 1. The molecule has 1 aromatic carbocycles. The highest BCUT2D eigenvalue weighted by atomic mass is 16.7. The normalized spacial score (nSPS) is 20.0. The topological polar surface area (TPSA) is 62.5 Å². The van der Waals surface area contributed by atoms with E-state index >= 15 is 0 Å². The van der Waals surface area contributed by atoms with Crippen LogP contribution in [0.15, 0.2) is 29.7 Å². The second-order valence-electron chi connectivity index (χ2n) is 6.54. The Labute approximate surface area is 132 Å². The number of hydrogen-bond acceptors (Lipinski definition) is 4. The summed E-state index contributed by atoms with van der Waals surface area (Å²) in [6, 6.07) is 9.79. The minimum atomic E-state index is -0.547. The van der Waals surface area contributed by atoms with Crippen LogP contribution >= 0.6 is 0 Å². The van der Waals surface area contributed by atoms with Crippen LogP contribution in [0.3, 0.4) is 0 Å². The van der Waals surface area contributed by atoms with E-state index in [-0.39, 0.29) is 6.61 Å². The Bertz CT molecular complexity index is 583. The Morgan fingerprint density at radius 3 is 2.18 bits per heavy atom. The van der Waals surface area contributed by atoms with Gasteiger partial charge in [-0.1, -0.05) is 30.3 Å². The quantitative estimate of drug-likeness (QED) is 0.868. The van der Waals surface area contributed by atoms with Gasteiger partial charge >= 0.3 is 7.12 Å². The van der Waals surface area contributed by atoms with Gasteiger partial charge in [0, 0.05) is 0 Å². The van der Waals surface area contributed by atoms with E-state index in [1.807, 2.05) is 58.0 Å². The summed E-state index contributed by atoms with van der Waals surface area (Å²) in [5, 5.41) is 18.3. The van der Waals surface area contributed by atoms with Crippen molar-refractivity contribution in [1.29, 1.82) is 5.26 Å². The summed E-state index contributed by atoms with van der Waals surface area (Å²) in [6.07, 6.45) is 2.27. The fourth-order valence-corrected chi connectivity index (χ4v) is 2.22. The maximum absolute atomic E-state index is 9.66. The highest BCUT2D eigenvalue weighted by Gasteiger charge is 2.52. The van der Waals surface area contributed by atoms with Crippen LogP contribution in [0.2, 0.25) is 0 Å². The predicted octanol–water partition coefficient (Wildman–Crippen LogP) is 2.76. The highest BCUT2D eigenvalue weighted by molar-refractivity contribution is 6.55. The molecule has 0 spiro atoms. The maximum atomic E-state index is 9.66. The number of benzene rings is 1. The molecular formula is C17H22BNO3. The molecule has 116 valence electrons. The highest BCUT2D eigenvalue weighted by Crippen LogP contribution is 2.38. The minimum absolute atomic E-state index is 0.128. The van der Waals surface area contributed by atoms with Crippen molar-refractivity contribution in [2.45, 2.75) is 45.3 Å². The molecule has 0 bridgehead atoms. The van der Waals surface area contributed by atoms with Gasteiger partial charge in [-0.05, 0) is 44.3 Å². The molecule has 1 N–H and O–H groups in total. The van der Waals surface area contributed by atoms with Crippen molar-refractivity contribution in [1.82, 2.24) is 0 Å². The average molecular weight is 299 g/mol. The number of aliphatic hydroxyl groups is 1. The molecular weight excluding hydrogens is 277 g/mol. The van der Waals surface area contributed by atoms with Gasteiger partial charge in [0.15, 0.2) is 0 Å². The molecule has 1 fully saturated rings. The van der Waals surface area contributed by atoms with Crippen molar-refractivity contribution in [3.63, 3.8) is 0 Å².